The monoisotopic (exact) mass is 205 g/mol. The summed E-state index contributed by atoms with van der Waals surface area (Å²) in [5.41, 5.74) is 7.44. The van der Waals surface area contributed by atoms with E-state index < -0.39 is 0 Å². The predicted molar refractivity (Wildman–Crippen MR) is 57.7 cm³/mol. The average molecular weight is 205 g/mol. The van der Waals surface area contributed by atoms with Gasteiger partial charge in [-0.2, -0.15) is 0 Å². The summed E-state index contributed by atoms with van der Waals surface area (Å²) >= 11 is 0. The van der Waals surface area contributed by atoms with Crippen LogP contribution in [-0.2, 0) is 5.54 Å². The van der Waals surface area contributed by atoms with Gasteiger partial charge in [-0.25, -0.2) is 4.39 Å². The Kier molecular flexibility index (Phi) is 1.90. The van der Waals surface area contributed by atoms with E-state index in [1.807, 2.05) is 12.1 Å². The maximum absolute atomic E-state index is 12.8. The van der Waals surface area contributed by atoms with E-state index in [1.54, 1.807) is 0 Å². The van der Waals surface area contributed by atoms with E-state index in [1.165, 1.54) is 37.8 Å². The molecule has 1 aromatic carbocycles. The molecule has 1 aromatic rings. The van der Waals surface area contributed by atoms with Crippen molar-refractivity contribution in [2.45, 2.75) is 31.2 Å². The summed E-state index contributed by atoms with van der Waals surface area (Å²) in [5.74, 6) is 1.12. The Labute approximate surface area is 89.5 Å². The van der Waals surface area contributed by atoms with Crippen molar-refractivity contribution in [3.63, 3.8) is 0 Å². The molecule has 2 aliphatic carbocycles. The minimum absolute atomic E-state index is 0.135. The third-order valence-corrected chi connectivity index (χ3v) is 4.23. The first-order valence-corrected chi connectivity index (χ1v) is 5.78. The number of rotatable bonds is 1. The van der Waals surface area contributed by atoms with Gasteiger partial charge in [-0.3, -0.25) is 0 Å². The van der Waals surface area contributed by atoms with Crippen LogP contribution in [0.25, 0.3) is 0 Å². The molecular weight excluding hydrogens is 189 g/mol. The summed E-state index contributed by atoms with van der Waals surface area (Å²) in [6, 6.07) is 6.75. The average Bonchev–Trinajstić information content (AvgIpc) is 2.88. The zero-order valence-corrected chi connectivity index (χ0v) is 8.75. The van der Waals surface area contributed by atoms with Crippen molar-refractivity contribution in [2.24, 2.45) is 17.6 Å². The molecule has 2 heteroatoms. The van der Waals surface area contributed by atoms with Crippen LogP contribution in [-0.4, -0.2) is 0 Å². The minimum atomic E-state index is -0.175. The number of halogens is 1. The van der Waals surface area contributed by atoms with Crippen molar-refractivity contribution in [3.8, 4) is 0 Å². The Morgan fingerprint density at radius 2 is 1.60 bits per heavy atom. The van der Waals surface area contributed by atoms with Gasteiger partial charge in [-0.1, -0.05) is 25.0 Å². The van der Waals surface area contributed by atoms with Gasteiger partial charge in [0.2, 0.25) is 0 Å². The molecule has 0 amide bonds. The molecule has 3 rings (SSSR count). The normalized spacial score (nSPS) is 38.5. The molecule has 2 unspecified atom stereocenters. The Bertz CT molecular complexity index is 359. The Morgan fingerprint density at radius 1 is 1.07 bits per heavy atom. The maximum atomic E-state index is 12.8. The molecule has 2 N–H and O–H groups in total. The van der Waals surface area contributed by atoms with Crippen molar-refractivity contribution >= 4 is 0 Å². The molecular formula is C13H16FN. The highest BCUT2D eigenvalue weighted by atomic mass is 19.1. The summed E-state index contributed by atoms with van der Waals surface area (Å²) in [5, 5.41) is 0. The largest absolute Gasteiger partial charge is 0.321 e. The van der Waals surface area contributed by atoms with Gasteiger partial charge in [-0.05, 0) is 42.4 Å². The minimum Gasteiger partial charge on any atom is -0.321 e. The molecule has 0 saturated heterocycles. The standard InChI is InChI=1S/C13H16FN/c14-10-7-5-9(6-8-10)13(15)11-3-1-2-4-12(11)13/h5-8,11-12H,1-4,15H2. The molecule has 2 fully saturated rings. The predicted octanol–water partition coefficient (Wildman–Crippen LogP) is 2.80. The zero-order valence-electron chi connectivity index (χ0n) is 8.75. The van der Waals surface area contributed by atoms with Crippen molar-refractivity contribution < 1.29 is 4.39 Å². The van der Waals surface area contributed by atoms with E-state index in [0.717, 1.165) is 5.56 Å². The fourth-order valence-electron chi connectivity index (χ4n) is 3.34. The van der Waals surface area contributed by atoms with Crippen LogP contribution in [0.1, 0.15) is 31.2 Å². The second-order valence-corrected chi connectivity index (χ2v) is 4.94. The van der Waals surface area contributed by atoms with E-state index in [2.05, 4.69) is 0 Å². The van der Waals surface area contributed by atoms with Gasteiger partial charge in [0, 0.05) is 5.54 Å². The number of fused-ring (bicyclic) bond motifs is 1. The molecule has 0 heterocycles. The molecule has 0 aliphatic heterocycles. The van der Waals surface area contributed by atoms with Crippen LogP contribution in [0.3, 0.4) is 0 Å². The van der Waals surface area contributed by atoms with E-state index in [9.17, 15) is 4.39 Å². The van der Waals surface area contributed by atoms with Gasteiger partial charge in [0.15, 0.2) is 0 Å². The summed E-state index contributed by atoms with van der Waals surface area (Å²) in [4.78, 5) is 0. The van der Waals surface area contributed by atoms with Crippen LogP contribution in [0.5, 0.6) is 0 Å². The highest BCUT2D eigenvalue weighted by Gasteiger charge is 2.62. The van der Waals surface area contributed by atoms with Crippen molar-refractivity contribution in [2.75, 3.05) is 0 Å². The molecule has 0 bridgehead atoms. The summed E-state index contributed by atoms with van der Waals surface area (Å²) < 4.78 is 12.8. The first-order chi connectivity index (χ1) is 7.23. The van der Waals surface area contributed by atoms with E-state index >= 15 is 0 Å². The smallest absolute Gasteiger partial charge is 0.123 e. The fourth-order valence-corrected chi connectivity index (χ4v) is 3.34. The molecule has 2 aliphatic rings. The molecule has 1 nitrogen and oxygen atoms in total. The quantitative estimate of drug-likeness (QED) is 0.749. The Hall–Kier alpha value is -0.890. The highest BCUT2D eigenvalue weighted by molar-refractivity contribution is 5.35. The molecule has 2 saturated carbocycles. The van der Waals surface area contributed by atoms with Crippen molar-refractivity contribution in [3.05, 3.63) is 35.6 Å². The third kappa shape index (κ3) is 1.24. The highest BCUT2D eigenvalue weighted by Crippen LogP contribution is 2.62. The van der Waals surface area contributed by atoms with Gasteiger partial charge in [0.1, 0.15) is 5.82 Å². The van der Waals surface area contributed by atoms with Gasteiger partial charge in [-0.15, -0.1) is 0 Å². The lowest BCUT2D eigenvalue weighted by Gasteiger charge is -2.11. The van der Waals surface area contributed by atoms with Crippen molar-refractivity contribution in [1.82, 2.24) is 0 Å². The van der Waals surface area contributed by atoms with Gasteiger partial charge < -0.3 is 5.73 Å². The van der Waals surface area contributed by atoms with Crippen LogP contribution in [0.4, 0.5) is 4.39 Å². The van der Waals surface area contributed by atoms with E-state index in [0.29, 0.717) is 11.8 Å². The van der Waals surface area contributed by atoms with Gasteiger partial charge >= 0.3 is 0 Å². The van der Waals surface area contributed by atoms with Crippen LogP contribution >= 0.6 is 0 Å². The molecule has 2 atom stereocenters. The van der Waals surface area contributed by atoms with Crippen LogP contribution in [0, 0.1) is 17.7 Å². The zero-order chi connectivity index (χ0) is 10.5. The lowest BCUT2D eigenvalue weighted by Crippen LogP contribution is -2.23. The number of nitrogens with two attached hydrogens (primary N) is 1. The summed E-state index contributed by atoms with van der Waals surface area (Å²) in [6.45, 7) is 0. The second kappa shape index (κ2) is 3.05. The Balaban J connectivity index is 1.91. The molecule has 0 radical (unpaired) electrons. The second-order valence-electron chi connectivity index (χ2n) is 4.94. The summed E-state index contributed by atoms with van der Waals surface area (Å²) in [7, 11) is 0. The number of hydrogen-bond donors (Lipinski definition) is 1. The van der Waals surface area contributed by atoms with Crippen molar-refractivity contribution in [1.29, 1.82) is 0 Å². The topological polar surface area (TPSA) is 26.0 Å². The third-order valence-electron chi connectivity index (χ3n) is 4.23. The lowest BCUT2D eigenvalue weighted by molar-refractivity contribution is 0.480. The first kappa shape index (κ1) is 9.34. The summed E-state index contributed by atoms with van der Waals surface area (Å²) in [6.07, 6.45) is 5.11. The Morgan fingerprint density at radius 3 is 2.13 bits per heavy atom. The maximum Gasteiger partial charge on any atom is 0.123 e. The molecule has 15 heavy (non-hydrogen) atoms. The van der Waals surface area contributed by atoms with Crippen LogP contribution in [0.15, 0.2) is 24.3 Å². The molecule has 80 valence electrons. The number of benzene rings is 1. The van der Waals surface area contributed by atoms with E-state index in [-0.39, 0.29) is 11.4 Å². The number of hydrogen-bond acceptors (Lipinski definition) is 1. The van der Waals surface area contributed by atoms with Crippen LogP contribution < -0.4 is 5.73 Å². The SMILES string of the molecule is NC1(c2ccc(F)cc2)C2CCCCC21. The molecule has 0 aromatic heterocycles. The molecule has 0 spiro atoms. The van der Waals surface area contributed by atoms with Gasteiger partial charge in [0.25, 0.3) is 0 Å². The van der Waals surface area contributed by atoms with E-state index in [4.69, 9.17) is 5.73 Å². The first-order valence-electron chi connectivity index (χ1n) is 5.78. The lowest BCUT2D eigenvalue weighted by atomic mass is 10.0. The fraction of sp³-hybridized carbons (Fsp3) is 0.538. The van der Waals surface area contributed by atoms with Gasteiger partial charge in [0.05, 0.1) is 0 Å². The van der Waals surface area contributed by atoms with Crippen LogP contribution in [0.2, 0.25) is 0 Å².